The Morgan fingerprint density at radius 3 is 2.71 bits per heavy atom. The maximum atomic E-state index is 12.1. The number of aromatic nitrogens is 2. The molecule has 0 saturated heterocycles. The van der Waals surface area contributed by atoms with E-state index in [1.165, 1.54) is 25.5 Å². The zero-order valence-corrected chi connectivity index (χ0v) is 12.8. The zero-order valence-electron chi connectivity index (χ0n) is 12.8. The molecule has 0 unspecified atom stereocenters. The third kappa shape index (κ3) is 3.69. The van der Waals surface area contributed by atoms with Crippen LogP contribution in [0.4, 0.5) is 0 Å². The van der Waals surface area contributed by atoms with Gasteiger partial charge in [-0.3, -0.25) is 14.5 Å². The minimum absolute atomic E-state index is 0.0465. The molecular weight excluding hydrogens is 268 g/mol. The molecule has 1 fully saturated rings. The number of nitrogens with one attached hydrogen (secondary N) is 2. The van der Waals surface area contributed by atoms with Gasteiger partial charge in [-0.05, 0) is 26.4 Å². The van der Waals surface area contributed by atoms with E-state index in [0.29, 0.717) is 6.54 Å². The average molecular weight is 292 g/mol. The average Bonchev–Trinajstić information content (AvgIpc) is 2.53. The molecule has 1 heterocycles. The number of amides is 1. The fourth-order valence-electron chi connectivity index (χ4n) is 3.04. The summed E-state index contributed by atoms with van der Waals surface area (Å²) in [6, 6.07) is 0. The van der Waals surface area contributed by atoms with Crippen LogP contribution in [-0.2, 0) is 0 Å². The van der Waals surface area contributed by atoms with Crippen molar-refractivity contribution in [1.29, 1.82) is 0 Å². The highest BCUT2D eigenvalue weighted by Crippen LogP contribution is 2.32. The summed E-state index contributed by atoms with van der Waals surface area (Å²) in [5, 5.41) is 2.98. The first-order chi connectivity index (χ1) is 10.1. The van der Waals surface area contributed by atoms with Crippen LogP contribution < -0.4 is 10.9 Å². The highest BCUT2D eigenvalue weighted by molar-refractivity contribution is 5.91. The number of H-pyrrole nitrogens is 1. The molecule has 2 N–H and O–H groups in total. The molecule has 1 aliphatic rings. The minimum atomic E-state index is -0.305. The Labute approximate surface area is 125 Å². The van der Waals surface area contributed by atoms with Gasteiger partial charge in [0.2, 0.25) is 0 Å². The van der Waals surface area contributed by atoms with Crippen molar-refractivity contribution in [2.24, 2.45) is 0 Å². The van der Waals surface area contributed by atoms with Gasteiger partial charge in [0.15, 0.2) is 0 Å². The lowest BCUT2D eigenvalue weighted by molar-refractivity contribution is 0.0697. The number of rotatable bonds is 5. The normalized spacial score (nSPS) is 17.7. The summed E-state index contributed by atoms with van der Waals surface area (Å²) in [4.78, 5) is 31.8. The number of carbonyl (C=O) groups is 1. The van der Waals surface area contributed by atoms with E-state index in [-0.39, 0.29) is 22.7 Å². The van der Waals surface area contributed by atoms with Crippen molar-refractivity contribution in [3.63, 3.8) is 0 Å². The van der Waals surface area contributed by atoms with Gasteiger partial charge >= 0.3 is 0 Å². The molecule has 21 heavy (non-hydrogen) atoms. The van der Waals surface area contributed by atoms with E-state index in [1.807, 2.05) is 0 Å². The van der Waals surface area contributed by atoms with E-state index in [2.05, 4.69) is 34.2 Å². The smallest absolute Gasteiger partial charge is 0.271 e. The Kier molecular flexibility index (Phi) is 5.12. The molecule has 0 radical (unpaired) electrons. The molecule has 116 valence electrons. The van der Waals surface area contributed by atoms with Gasteiger partial charge in [-0.2, -0.15) is 0 Å². The standard InChI is InChI=1S/C15H24N4O2/c1-3-19(2)15(7-5-4-6-8-15)11-18-14(21)12-9-17-13(20)10-16-12/h9-10H,3-8,11H2,1-2H3,(H,17,20)(H,18,21). The van der Waals surface area contributed by atoms with Crippen LogP contribution in [0, 0.1) is 0 Å². The van der Waals surface area contributed by atoms with Crippen LogP contribution in [0.5, 0.6) is 0 Å². The lowest BCUT2D eigenvalue weighted by Crippen LogP contribution is -2.55. The van der Waals surface area contributed by atoms with Crippen LogP contribution in [-0.4, -0.2) is 46.5 Å². The lowest BCUT2D eigenvalue weighted by Gasteiger charge is -2.44. The summed E-state index contributed by atoms with van der Waals surface area (Å²) in [5.74, 6) is -0.235. The summed E-state index contributed by atoms with van der Waals surface area (Å²) < 4.78 is 0. The SMILES string of the molecule is CCN(C)C1(CNC(=O)c2c[nH]c(=O)cn2)CCCCC1. The second kappa shape index (κ2) is 6.85. The van der Waals surface area contributed by atoms with Crippen molar-refractivity contribution >= 4 is 5.91 Å². The largest absolute Gasteiger partial charge is 0.349 e. The summed E-state index contributed by atoms with van der Waals surface area (Å²) in [7, 11) is 2.12. The van der Waals surface area contributed by atoms with Gasteiger partial charge in [-0.25, -0.2) is 4.98 Å². The van der Waals surface area contributed by atoms with Crippen LogP contribution in [0.2, 0.25) is 0 Å². The molecule has 6 nitrogen and oxygen atoms in total. The summed E-state index contributed by atoms with van der Waals surface area (Å²) >= 11 is 0. The van der Waals surface area contributed by atoms with Crippen molar-refractivity contribution < 1.29 is 4.79 Å². The third-order valence-electron chi connectivity index (χ3n) is 4.55. The van der Waals surface area contributed by atoms with E-state index in [1.54, 1.807) is 0 Å². The molecule has 1 aromatic rings. The Morgan fingerprint density at radius 1 is 1.43 bits per heavy atom. The fraction of sp³-hybridized carbons (Fsp3) is 0.667. The van der Waals surface area contributed by atoms with Gasteiger partial charge in [0.05, 0.1) is 6.20 Å². The van der Waals surface area contributed by atoms with Crippen LogP contribution in [0.3, 0.4) is 0 Å². The molecule has 0 spiro atoms. The number of carbonyl (C=O) groups excluding carboxylic acids is 1. The third-order valence-corrected chi connectivity index (χ3v) is 4.55. The van der Waals surface area contributed by atoms with Gasteiger partial charge in [-0.1, -0.05) is 26.2 Å². The van der Waals surface area contributed by atoms with E-state index < -0.39 is 0 Å². The lowest BCUT2D eigenvalue weighted by atomic mass is 9.80. The molecule has 6 heteroatoms. The predicted octanol–water partition coefficient (Wildman–Crippen LogP) is 1.15. The molecule has 1 aromatic heterocycles. The predicted molar refractivity (Wildman–Crippen MR) is 81.3 cm³/mol. The number of aromatic amines is 1. The second-order valence-corrected chi connectivity index (χ2v) is 5.78. The van der Waals surface area contributed by atoms with Crippen LogP contribution >= 0.6 is 0 Å². The van der Waals surface area contributed by atoms with E-state index >= 15 is 0 Å². The molecule has 0 bridgehead atoms. The van der Waals surface area contributed by atoms with Crippen molar-refractivity contribution in [1.82, 2.24) is 20.2 Å². The number of nitrogens with zero attached hydrogens (tertiary/aromatic N) is 2. The van der Waals surface area contributed by atoms with E-state index in [9.17, 15) is 9.59 Å². The first kappa shape index (κ1) is 15.7. The summed E-state index contributed by atoms with van der Waals surface area (Å²) in [6.45, 7) is 3.73. The molecule has 0 aliphatic heterocycles. The van der Waals surface area contributed by atoms with Gasteiger partial charge in [0.1, 0.15) is 5.69 Å². The fourth-order valence-corrected chi connectivity index (χ4v) is 3.04. The van der Waals surface area contributed by atoms with E-state index in [4.69, 9.17) is 0 Å². The monoisotopic (exact) mass is 292 g/mol. The number of hydrogen-bond acceptors (Lipinski definition) is 4. The summed E-state index contributed by atoms with van der Waals surface area (Å²) in [6.07, 6.45) is 8.38. The first-order valence-corrected chi connectivity index (χ1v) is 7.61. The van der Waals surface area contributed by atoms with Crippen molar-refractivity contribution in [2.75, 3.05) is 20.1 Å². The van der Waals surface area contributed by atoms with Gasteiger partial charge in [0.25, 0.3) is 11.5 Å². The molecule has 1 aliphatic carbocycles. The highest BCUT2D eigenvalue weighted by atomic mass is 16.2. The van der Waals surface area contributed by atoms with Crippen molar-refractivity contribution in [3.05, 3.63) is 28.4 Å². The van der Waals surface area contributed by atoms with Crippen molar-refractivity contribution in [3.8, 4) is 0 Å². The van der Waals surface area contributed by atoms with Crippen LogP contribution in [0.25, 0.3) is 0 Å². The van der Waals surface area contributed by atoms with Gasteiger partial charge in [0, 0.05) is 18.3 Å². The molecule has 0 atom stereocenters. The minimum Gasteiger partial charge on any atom is -0.349 e. The highest BCUT2D eigenvalue weighted by Gasteiger charge is 2.35. The van der Waals surface area contributed by atoms with Gasteiger partial charge in [-0.15, -0.1) is 0 Å². The molecule has 0 aromatic carbocycles. The van der Waals surface area contributed by atoms with Crippen LogP contribution in [0.1, 0.15) is 49.5 Å². The first-order valence-electron chi connectivity index (χ1n) is 7.61. The number of hydrogen-bond donors (Lipinski definition) is 2. The van der Waals surface area contributed by atoms with Crippen molar-refractivity contribution in [2.45, 2.75) is 44.6 Å². The molecule has 1 amide bonds. The quantitative estimate of drug-likeness (QED) is 0.853. The Morgan fingerprint density at radius 2 is 2.14 bits per heavy atom. The maximum absolute atomic E-state index is 12.1. The zero-order chi connectivity index (χ0) is 15.3. The second-order valence-electron chi connectivity index (χ2n) is 5.78. The number of likely N-dealkylation sites (N-methyl/N-ethyl adjacent to an activating group) is 1. The Balaban J connectivity index is 2.02. The Hall–Kier alpha value is -1.69. The topological polar surface area (TPSA) is 78.1 Å². The van der Waals surface area contributed by atoms with E-state index in [0.717, 1.165) is 25.6 Å². The Bertz CT molecular complexity index is 514. The summed E-state index contributed by atoms with van der Waals surface area (Å²) in [5.41, 5.74) is -0.00840. The molecule has 1 saturated carbocycles. The molecule has 2 rings (SSSR count). The van der Waals surface area contributed by atoms with Gasteiger partial charge < -0.3 is 10.3 Å². The maximum Gasteiger partial charge on any atom is 0.271 e. The van der Waals surface area contributed by atoms with Crippen LogP contribution in [0.15, 0.2) is 17.2 Å². The molecular formula is C15H24N4O2.